The Hall–Kier alpha value is -2.98. The lowest BCUT2D eigenvalue weighted by Gasteiger charge is -2.29. The fourth-order valence-electron chi connectivity index (χ4n) is 2.47. The van der Waals surface area contributed by atoms with Crippen LogP contribution in [0.15, 0.2) is 42.5 Å². The third-order valence-electron chi connectivity index (χ3n) is 3.95. The van der Waals surface area contributed by atoms with E-state index in [0.29, 0.717) is 10.7 Å². The number of hydrogen-bond donors (Lipinski definition) is 3. The number of aliphatic hydroxyl groups is 1. The number of carbonyl (C=O) groups excluding carboxylic acids is 2. The minimum atomic E-state index is -5.36. The molecule has 2 aromatic carbocycles. The molecular formula is C19H18ClF3N2O5. The van der Waals surface area contributed by atoms with Gasteiger partial charge in [0.25, 0.3) is 5.60 Å². The quantitative estimate of drug-likeness (QED) is 0.575. The largest absolute Gasteiger partial charge is 0.495 e. The van der Waals surface area contributed by atoms with Crippen LogP contribution in [0.25, 0.3) is 0 Å². The first kappa shape index (κ1) is 23.3. The van der Waals surface area contributed by atoms with Crippen molar-refractivity contribution >= 4 is 35.0 Å². The number of halogens is 4. The van der Waals surface area contributed by atoms with Gasteiger partial charge in [0.05, 0.1) is 19.4 Å². The number of alkyl halides is 3. The SMILES string of the molecule is CCOC(=O)C(O)(c1ccc(NC(=O)Nc2ccc(Cl)cc2)c(OC)c1)C(F)(F)F. The molecule has 0 bridgehead atoms. The van der Waals surface area contributed by atoms with Crippen molar-refractivity contribution in [2.45, 2.75) is 18.7 Å². The zero-order chi connectivity index (χ0) is 22.5. The Kier molecular flexibility index (Phi) is 7.16. The summed E-state index contributed by atoms with van der Waals surface area (Å²) < 4.78 is 49.9. The third kappa shape index (κ3) is 4.95. The number of urea groups is 1. The summed E-state index contributed by atoms with van der Waals surface area (Å²) in [5.41, 5.74) is -4.31. The summed E-state index contributed by atoms with van der Waals surface area (Å²) in [6.07, 6.45) is -5.36. The molecule has 0 spiro atoms. The Balaban J connectivity index is 2.31. The summed E-state index contributed by atoms with van der Waals surface area (Å²) in [7, 11) is 1.15. The molecule has 162 valence electrons. The highest BCUT2D eigenvalue weighted by molar-refractivity contribution is 6.30. The molecule has 30 heavy (non-hydrogen) atoms. The number of ether oxygens (including phenoxy) is 2. The van der Waals surface area contributed by atoms with Crippen molar-refractivity contribution in [1.82, 2.24) is 0 Å². The molecule has 0 aromatic heterocycles. The topological polar surface area (TPSA) is 96.9 Å². The lowest BCUT2D eigenvalue weighted by Crippen LogP contribution is -2.50. The number of anilines is 2. The van der Waals surface area contributed by atoms with E-state index in [1.165, 1.54) is 6.92 Å². The fraction of sp³-hybridized carbons (Fsp3) is 0.263. The van der Waals surface area contributed by atoms with E-state index in [4.69, 9.17) is 16.3 Å². The van der Waals surface area contributed by atoms with Gasteiger partial charge in [0.2, 0.25) is 0 Å². The molecular weight excluding hydrogens is 429 g/mol. The smallest absolute Gasteiger partial charge is 0.432 e. The second-order valence-electron chi connectivity index (χ2n) is 5.93. The first-order chi connectivity index (χ1) is 14.0. The Morgan fingerprint density at radius 3 is 2.27 bits per heavy atom. The van der Waals surface area contributed by atoms with Crippen LogP contribution in [0, 0.1) is 0 Å². The minimum Gasteiger partial charge on any atom is -0.495 e. The average Bonchev–Trinajstić information content (AvgIpc) is 2.68. The van der Waals surface area contributed by atoms with Gasteiger partial charge in [-0.15, -0.1) is 0 Å². The van der Waals surface area contributed by atoms with Crippen LogP contribution in [-0.2, 0) is 15.1 Å². The van der Waals surface area contributed by atoms with E-state index in [9.17, 15) is 27.9 Å². The highest BCUT2D eigenvalue weighted by Gasteiger charge is 2.62. The van der Waals surface area contributed by atoms with Gasteiger partial charge in [0.15, 0.2) is 0 Å². The van der Waals surface area contributed by atoms with Crippen LogP contribution >= 0.6 is 11.6 Å². The Bertz CT molecular complexity index is 921. The standard InChI is InChI=1S/C19H18ClF3N2O5/c1-3-30-16(26)18(28,19(21,22)23)11-4-9-14(15(10-11)29-2)25-17(27)24-13-7-5-12(20)6-8-13/h4-10,28H,3H2,1-2H3,(H2,24,25,27). The maximum atomic E-state index is 13.5. The highest BCUT2D eigenvalue weighted by atomic mass is 35.5. The minimum absolute atomic E-state index is 0.00102. The molecule has 0 aliphatic rings. The van der Waals surface area contributed by atoms with E-state index < -0.39 is 29.3 Å². The van der Waals surface area contributed by atoms with Crippen molar-refractivity contribution in [3.63, 3.8) is 0 Å². The van der Waals surface area contributed by atoms with Crippen LogP contribution in [0.4, 0.5) is 29.3 Å². The van der Waals surface area contributed by atoms with Crippen molar-refractivity contribution in [1.29, 1.82) is 0 Å². The van der Waals surface area contributed by atoms with Crippen molar-refractivity contribution in [2.75, 3.05) is 24.4 Å². The number of methoxy groups -OCH3 is 1. The highest BCUT2D eigenvalue weighted by Crippen LogP contribution is 2.42. The van der Waals surface area contributed by atoms with E-state index in [0.717, 1.165) is 25.3 Å². The third-order valence-corrected chi connectivity index (χ3v) is 4.20. The van der Waals surface area contributed by atoms with Crippen molar-refractivity contribution in [3.8, 4) is 5.75 Å². The van der Waals surface area contributed by atoms with Crippen LogP contribution in [-0.4, -0.2) is 37.0 Å². The Morgan fingerprint density at radius 1 is 1.10 bits per heavy atom. The van der Waals surface area contributed by atoms with Crippen molar-refractivity contribution in [3.05, 3.63) is 53.1 Å². The molecule has 0 radical (unpaired) electrons. The second-order valence-corrected chi connectivity index (χ2v) is 6.37. The van der Waals surface area contributed by atoms with Crippen LogP contribution in [0.5, 0.6) is 5.75 Å². The molecule has 1 atom stereocenters. The maximum absolute atomic E-state index is 13.5. The molecule has 0 fully saturated rings. The van der Waals surface area contributed by atoms with Gasteiger partial charge in [-0.1, -0.05) is 17.7 Å². The summed E-state index contributed by atoms with van der Waals surface area (Å²) in [6, 6.07) is 8.19. The molecule has 0 heterocycles. The average molecular weight is 447 g/mol. The first-order valence-corrected chi connectivity index (χ1v) is 8.89. The number of nitrogens with one attached hydrogen (secondary N) is 2. The van der Waals surface area contributed by atoms with E-state index in [-0.39, 0.29) is 18.0 Å². The predicted octanol–water partition coefficient (Wildman–Crippen LogP) is 4.31. The lowest BCUT2D eigenvalue weighted by atomic mass is 9.92. The molecule has 0 saturated heterocycles. The van der Waals surface area contributed by atoms with Crippen molar-refractivity contribution in [2.24, 2.45) is 0 Å². The molecule has 0 saturated carbocycles. The van der Waals surface area contributed by atoms with Crippen LogP contribution in [0.1, 0.15) is 12.5 Å². The van der Waals surface area contributed by atoms with Gasteiger partial charge < -0.3 is 25.2 Å². The summed E-state index contributed by atoms with van der Waals surface area (Å²) in [6.45, 7) is 0.945. The molecule has 2 aromatic rings. The zero-order valence-corrected chi connectivity index (χ0v) is 16.6. The van der Waals surface area contributed by atoms with E-state index >= 15 is 0 Å². The fourth-order valence-corrected chi connectivity index (χ4v) is 2.60. The van der Waals surface area contributed by atoms with Gasteiger partial charge in [-0.3, -0.25) is 0 Å². The summed E-state index contributed by atoms with van der Waals surface area (Å²) in [5.74, 6) is -2.09. The Morgan fingerprint density at radius 2 is 1.73 bits per heavy atom. The van der Waals surface area contributed by atoms with Crippen LogP contribution in [0.3, 0.4) is 0 Å². The predicted molar refractivity (Wildman–Crippen MR) is 104 cm³/mol. The molecule has 3 N–H and O–H groups in total. The normalized spacial score (nSPS) is 13.2. The second kappa shape index (κ2) is 9.23. The summed E-state index contributed by atoms with van der Waals surface area (Å²) in [4.78, 5) is 24.0. The van der Waals surface area contributed by atoms with Gasteiger partial charge in [-0.05, 0) is 43.3 Å². The first-order valence-electron chi connectivity index (χ1n) is 8.51. The molecule has 11 heteroatoms. The number of amides is 2. The molecule has 0 aliphatic carbocycles. The number of rotatable bonds is 6. The zero-order valence-electron chi connectivity index (χ0n) is 15.8. The number of carbonyl (C=O) groups is 2. The molecule has 7 nitrogen and oxygen atoms in total. The van der Waals surface area contributed by atoms with E-state index in [1.807, 2.05) is 0 Å². The molecule has 2 rings (SSSR count). The molecule has 2 amide bonds. The van der Waals surface area contributed by atoms with E-state index in [1.54, 1.807) is 24.3 Å². The number of benzene rings is 2. The number of hydrogen-bond acceptors (Lipinski definition) is 5. The van der Waals surface area contributed by atoms with Gasteiger partial charge >= 0.3 is 18.2 Å². The lowest BCUT2D eigenvalue weighted by molar-refractivity contribution is -0.267. The van der Waals surface area contributed by atoms with Gasteiger partial charge in [0, 0.05) is 16.3 Å². The van der Waals surface area contributed by atoms with Crippen molar-refractivity contribution < 1.29 is 37.3 Å². The van der Waals surface area contributed by atoms with Gasteiger partial charge in [0.1, 0.15) is 5.75 Å². The molecule has 0 aliphatic heterocycles. The van der Waals surface area contributed by atoms with Crippen LogP contribution in [0.2, 0.25) is 5.02 Å². The monoisotopic (exact) mass is 446 g/mol. The van der Waals surface area contributed by atoms with Gasteiger partial charge in [-0.2, -0.15) is 13.2 Å². The Labute approximate surface area is 174 Å². The van der Waals surface area contributed by atoms with Gasteiger partial charge in [-0.25, -0.2) is 9.59 Å². The summed E-state index contributed by atoms with van der Waals surface area (Å²) >= 11 is 5.76. The molecule has 1 unspecified atom stereocenters. The van der Waals surface area contributed by atoms with E-state index in [2.05, 4.69) is 15.4 Å². The summed E-state index contributed by atoms with van der Waals surface area (Å²) in [5, 5.41) is 15.5. The maximum Gasteiger partial charge on any atom is 0.432 e. The number of esters is 1. The van der Waals surface area contributed by atoms with Crippen LogP contribution < -0.4 is 15.4 Å².